The predicted octanol–water partition coefficient (Wildman–Crippen LogP) is 1.79. The van der Waals surface area contributed by atoms with Crippen LogP contribution < -0.4 is 11.1 Å². The van der Waals surface area contributed by atoms with E-state index in [0.29, 0.717) is 0 Å². The summed E-state index contributed by atoms with van der Waals surface area (Å²) in [5.74, 6) is 1.02. The minimum absolute atomic E-state index is 0.164. The second-order valence-corrected chi connectivity index (χ2v) is 5.01. The molecule has 1 atom stereocenters. The molecule has 3 N–H and O–H groups in total. The number of nitrogens with two attached hydrogens (primary N) is 1. The summed E-state index contributed by atoms with van der Waals surface area (Å²) >= 11 is 0. The van der Waals surface area contributed by atoms with E-state index >= 15 is 0 Å². The Balaban J connectivity index is 2.12. The van der Waals surface area contributed by atoms with E-state index in [0.717, 1.165) is 25.3 Å². The zero-order valence-corrected chi connectivity index (χ0v) is 9.92. The van der Waals surface area contributed by atoms with Gasteiger partial charge in [0.1, 0.15) is 5.76 Å². The molecular formula is C12H22N2O. The highest BCUT2D eigenvalue weighted by molar-refractivity contribution is 4.98. The van der Waals surface area contributed by atoms with Crippen LogP contribution >= 0.6 is 0 Å². The second-order valence-electron chi connectivity index (χ2n) is 5.01. The molecule has 0 aliphatic heterocycles. The summed E-state index contributed by atoms with van der Waals surface area (Å²) in [6, 6.07) is 4.09. The Bertz CT molecular complexity index is 262. The molecular weight excluding hydrogens is 188 g/mol. The third-order valence-corrected chi connectivity index (χ3v) is 2.60. The molecule has 1 rings (SSSR count). The Hall–Kier alpha value is -0.800. The number of furan rings is 1. The third-order valence-electron chi connectivity index (χ3n) is 2.60. The van der Waals surface area contributed by atoms with E-state index in [1.165, 1.54) is 0 Å². The van der Waals surface area contributed by atoms with E-state index in [4.69, 9.17) is 10.2 Å². The normalized spacial score (nSPS) is 14.1. The second kappa shape index (κ2) is 5.33. The lowest BCUT2D eigenvalue weighted by Crippen LogP contribution is -2.43. The molecule has 0 aromatic carbocycles. The molecule has 0 bridgehead atoms. The van der Waals surface area contributed by atoms with Gasteiger partial charge in [0.15, 0.2) is 0 Å². The van der Waals surface area contributed by atoms with Gasteiger partial charge in [0.25, 0.3) is 0 Å². The van der Waals surface area contributed by atoms with Crippen LogP contribution in [-0.2, 0) is 6.42 Å². The number of hydrogen-bond acceptors (Lipinski definition) is 3. The largest absolute Gasteiger partial charge is 0.469 e. The molecule has 0 radical (unpaired) electrons. The summed E-state index contributed by atoms with van der Waals surface area (Å²) in [6.07, 6.45) is 2.63. The third kappa shape index (κ3) is 4.49. The molecule has 0 amide bonds. The minimum atomic E-state index is 0.164. The zero-order chi connectivity index (χ0) is 11.3. The van der Waals surface area contributed by atoms with Crippen LogP contribution in [0.15, 0.2) is 22.8 Å². The Morgan fingerprint density at radius 3 is 2.73 bits per heavy atom. The summed E-state index contributed by atoms with van der Waals surface area (Å²) in [5, 5.41) is 3.34. The van der Waals surface area contributed by atoms with Crippen molar-refractivity contribution < 1.29 is 4.42 Å². The highest BCUT2D eigenvalue weighted by Gasteiger charge is 2.19. The van der Waals surface area contributed by atoms with Crippen LogP contribution in [0, 0.1) is 5.41 Å². The van der Waals surface area contributed by atoms with Gasteiger partial charge in [-0.15, -0.1) is 0 Å². The van der Waals surface area contributed by atoms with Crippen molar-refractivity contribution in [3.8, 4) is 0 Å². The Morgan fingerprint density at radius 2 is 2.20 bits per heavy atom. The highest BCUT2D eigenvalue weighted by Crippen LogP contribution is 2.16. The first-order valence-corrected chi connectivity index (χ1v) is 5.49. The van der Waals surface area contributed by atoms with E-state index in [-0.39, 0.29) is 11.5 Å². The van der Waals surface area contributed by atoms with Gasteiger partial charge in [-0.25, -0.2) is 0 Å². The molecule has 3 heteroatoms. The zero-order valence-electron chi connectivity index (χ0n) is 9.92. The fourth-order valence-electron chi connectivity index (χ4n) is 1.23. The molecule has 1 heterocycles. The Labute approximate surface area is 92.0 Å². The first kappa shape index (κ1) is 12.3. The van der Waals surface area contributed by atoms with E-state index in [1.807, 2.05) is 12.1 Å². The van der Waals surface area contributed by atoms with Crippen molar-refractivity contribution in [2.24, 2.45) is 11.1 Å². The summed E-state index contributed by atoms with van der Waals surface area (Å²) < 4.78 is 5.24. The summed E-state index contributed by atoms with van der Waals surface area (Å²) in [6.45, 7) is 8.24. The average molecular weight is 210 g/mol. The summed E-state index contributed by atoms with van der Waals surface area (Å²) in [4.78, 5) is 0. The number of hydrogen-bond donors (Lipinski definition) is 2. The van der Waals surface area contributed by atoms with E-state index in [9.17, 15) is 0 Å². The van der Waals surface area contributed by atoms with Crippen molar-refractivity contribution in [3.05, 3.63) is 24.2 Å². The van der Waals surface area contributed by atoms with Crippen LogP contribution in [0.1, 0.15) is 26.5 Å². The highest BCUT2D eigenvalue weighted by atomic mass is 16.3. The van der Waals surface area contributed by atoms with Crippen molar-refractivity contribution in [2.45, 2.75) is 33.2 Å². The van der Waals surface area contributed by atoms with Crippen LogP contribution in [0.4, 0.5) is 0 Å². The van der Waals surface area contributed by atoms with Crippen molar-refractivity contribution in [1.29, 1.82) is 0 Å². The average Bonchev–Trinajstić information content (AvgIpc) is 2.63. The van der Waals surface area contributed by atoms with Crippen LogP contribution in [0.5, 0.6) is 0 Å². The van der Waals surface area contributed by atoms with E-state index < -0.39 is 0 Å². The van der Waals surface area contributed by atoms with Gasteiger partial charge in [0, 0.05) is 25.6 Å². The van der Waals surface area contributed by atoms with Crippen molar-refractivity contribution in [1.82, 2.24) is 5.32 Å². The quantitative estimate of drug-likeness (QED) is 0.728. The molecule has 0 saturated carbocycles. The molecule has 86 valence electrons. The summed E-state index contributed by atoms with van der Waals surface area (Å²) in [7, 11) is 0. The van der Waals surface area contributed by atoms with E-state index in [2.05, 4.69) is 26.1 Å². The van der Waals surface area contributed by atoms with Crippen LogP contribution in [0.3, 0.4) is 0 Å². The SMILES string of the molecule is CC(C)(C)C(N)CNCCc1ccco1. The molecule has 1 aromatic rings. The maximum absolute atomic E-state index is 6.02. The Morgan fingerprint density at radius 1 is 1.47 bits per heavy atom. The first-order valence-electron chi connectivity index (χ1n) is 5.49. The number of nitrogens with one attached hydrogen (secondary N) is 1. The standard InChI is InChI=1S/C12H22N2O/c1-12(2,3)11(13)9-14-7-6-10-5-4-8-15-10/h4-5,8,11,14H,6-7,9,13H2,1-3H3. The molecule has 0 aliphatic carbocycles. The van der Waals surface area contributed by atoms with Gasteiger partial charge in [-0.2, -0.15) is 0 Å². The molecule has 0 aliphatic rings. The predicted molar refractivity (Wildman–Crippen MR) is 62.7 cm³/mol. The molecule has 0 saturated heterocycles. The fourth-order valence-corrected chi connectivity index (χ4v) is 1.23. The topological polar surface area (TPSA) is 51.2 Å². The Kier molecular flexibility index (Phi) is 4.36. The van der Waals surface area contributed by atoms with Crippen LogP contribution in [-0.4, -0.2) is 19.1 Å². The lowest BCUT2D eigenvalue weighted by atomic mass is 9.87. The van der Waals surface area contributed by atoms with Crippen molar-refractivity contribution in [2.75, 3.05) is 13.1 Å². The molecule has 15 heavy (non-hydrogen) atoms. The number of rotatable bonds is 5. The van der Waals surface area contributed by atoms with Gasteiger partial charge < -0.3 is 15.5 Å². The maximum Gasteiger partial charge on any atom is 0.105 e. The lowest BCUT2D eigenvalue weighted by Gasteiger charge is -2.27. The van der Waals surface area contributed by atoms with Gasteiger partial charge in [-0.1, -0.05) is 20.8 Å². The van der Waals surface area contributed by atoms with Gasteiger partial charge >= 0.3 is 0 Å². The molecule has 1 unspecified atom stereocenters. The van der Waals surface area contributed by atoms with Crippen molar-refractivity contribution >= 4 is 0 Å². The van der Waals surface area contributed by atoms with Crippen LogP contribution in [0.2, 0.25) is 0 Å². The monoisotopic (exact) mass is 210 g/mol. The van der Waals surface area contributed by atoms with Gasteiger partial charge in [0.2, 0.25) is 0 Å². The smallest absolute Gasteiger partial charge is 0.105 e. The van der Waals surface area contributed by atoms with Crippen molar-refractivity contribution in [3.63, 3.8) is 0 Å². The minimum Gasteiger partial charge on any atom is -0.469 e. The molecule has 3 nitrogen and oxygen atoms in total. The maximum atomic E-state index is 6.02. The van der Waals surface area contributed by atoms with Gasteiger partial charge in [-0.3, -0.25) is 0 Å². The first-order chi connectivity index (χ1) is 7.00. The van der Waals surface area contributed by atoms with Crippen LogP contribution in [0.25, 0.3) is 0 Å². The summed E-state index contributed by atoms with van der Waals surface area (Å²) in [5.41, 5.74) is 6.19. The lowest BCUT2D eigenvalue weighted by molar-refractivity contribution is 0.309. The van der Waals surface area contributed by atoms with E-state index in [1.54, 1.807) is 6.26 Å². The van der Waals surface area contributed by atoms with Gasteiger partial charge in [-0.05, 0) is 17.5 Å². The molecule has 0 fully saturated rings. The molecule has 1 aromatic heterocycles. The molecule has 0 spiro atoms. The van der Waals surface area contributed by atoms with Gasteiger partial charge in [0.05, 0.1) is 6.26 Å². The fraction of sp³-hybridized carbons (Fsp3) is 0.667.